The Balaban J connectivity index is 2.10. The predicted molar refractivity (Wildman–Crippen MR) is 99.8 cm³/mol. The van der Waals surface area contributed by atoms with Crippen LogP contribution < -0.4 is 10.2 Å². The third-order valence-corrected chi connectivity index (χ3v) is 4.18. The van der Waals surface area contributed by atoms with Crippen LogP contribution in [0, 0.1) is 0 Å². The van der Waals surface area contributed by atoms with Crippen LogP contribution in [0.15, 0.2) is 54.7 Å². The number of rotatable bonds is 4. The van der Waals surface area contributed by atoms with Gasteiger partial charge in [0.25, 0.3) is 0 Å². The van der Waals surface area contributed by atoms with Crippen molar-refractivity contribution in [2.24, 2.45) is 0 Å². The monoisotopic (exact) mass is 335 g/mol. The molecule has 0 bridgehead atoms. The lowest BCUT2D eigenvalue weighted by Gasteiger charge is -2.21. The molecule has 0 aliphatic carbocycles. The standard InChI is InChI=1S/C20H21N3O2/c1-13(24)22-18(15-6-9-16(10-7-15)23(2)3)17-11-8-14-5-4-12-21-19(14)20(17)25/h4-12,18,25H,1-3H3,(H,22,24)/t18-/m1/s1. The van der Waals surface area contributed by atoms with Crippen molar-refractivity contribution >= 4 is 22.5 Å². The molecular weight excluding hydrogens is 314 g/mol. The first kappa shape index (κ1) is 16.8. The maximum Gasteiger partial charge on any atom is 0.217 e. The van der Waals surface area contributed by atoms with E-state index in [0.717, 1.165) is 16.6 Å². The number of benzene rings is 2. The number of hydrogen-bond acceptors (Lipinski definition) is 4. The van der Waals surface area contributed by atoms with Crippen LogP contribution in [-0.4, -0.2) is 30.1 Å². The molecule has 5 heteroatoms. The number of nitrogens with one attached hydrogen (secondary N) is 1. The second-order valence-electron chi connectivity index (χ2n) is 6.20. The minimum Gasteiger partial charge on any atom is -0.505 e. The van der Waals surface area contributed by atoms with E-state index in [2.05, 4.69) is 10.3 Å². The molecular formula is C20H21N3O2. The molecule has 0 aliphatic heterocycles. The number of hydrogen-bond donors (Lipinski definition) is 2. The Kier molecular flexibility index (Phi) is 4.57. The maximum absolute atomic E-state index is 11.7. The van der Waals surface area contributed by atoms with Crippen molar-refractivity contribution in [1.82, 2.24) is 10.3 Å². The first-order valence-electron chi connectivity index (χ1n) is 8.08. The number of fused-ring (bicyclic) bond motifs is 1. The minimum atomic E-state index is -0.444. The topological polar surface area (TPSA) is 65.5 Å². The molecule has 5 nitrogen and oxygen atoms in total. The van der Waals surface area contributed by atoms with E-state index in [1.807, 2.05) is 67.5 Å². The fraction of sp³-hybridized carbons (Fsp3) is 0.200. The molecule has 0 spiro atoms. The van der Waals surface area contributed by atoms with Crippen LogP contribution in [0.25, 0.3) is 10.9 Å². The van der Waals surface area contributed by atoms with Crippen LogP contribution in [0.5, 0.6) is 5.75 Å². The van der Waals surface area contributed by atoms with Crippen molar-refractivity contribution in [2.75, 3.05) is 19.0 Å². The summed E-state index contributed by atoms with van der Waals surface area (Å²) in [7, 11) is 3.95. The number of pyridine rings is 1. The van der Waals surface area contributed by atoms with Crippen LogP contribution in [0.3, 0.4) is 0 Å². The molecule has 128 valence electrons. The normalized spacial score (nSPS) is 12.0. The first-order valence-corrected chi connectivity index (χ1v) is 8.08. The molecule has 0 saturated heterocycles. The third-order valence-electron chi connectivity index (χ3n) is 4.18. The van der Waals surface area contributed by atoms with Gasteiger partial charge in [0.05, 0.1) is 6.04 Å². The zero-order valence-corrected chi connectivity index (χ0v) is 14.5. The van der Waals surface area contributed by atoms with E-state index in [1.54, 1.807) is 6.20 Å². The summed E-state index contributed by atoms with van der Waals surface area (Å²) >= 11 is 0. The van der Waals surface area contributed by atoms with Gasteiger partial charge in [-0.15, -0.1) is 0 Å². The number of nitrogens with zero attached hydrogens (tertiary/aromatic N) is 2. The largest absolute Gasteiger partial charge is 0.505 e. The number of carbonyl (C=O) groups is 1. The lowest BCUT2D eigenvalue weighted by Crippen LogP contribution is -2.27. The molecule has 1 atom stereocenters. The third kappa shape index (κ3) is 3.40. The smallest absolute Gasteiger partial charge is 0.217 e. The molecule has 0 aliphatic rings. The van der Waals surface area contributed by atoms with E-state index in [4.69, 9.17) is 0 Å². The molecule has 0 radical (unpaired) electrons. The lowest BCUT2D eigenvalue weighted by atomic mass is 9.96. The van der Waals surface area contributed by atoms with E-state index < -0.39 is 6.04 Å². The Bertz CT molecular complexity index is 904. The van der Waals surface area contributed by atoms with Crippen molar-refractivity contribution < 1.29 is 9.90 Å². The van der Waals surface area contributed by atoms with E-state index in [0.29, 0.717) is 11.1 Å². The molecule has 1 aromatic heterocycles. The Hall–Kier alpha value is -3.08. The molecule has 0 fully saturated rings. The Labute approximate surface area is 146 Å². The fourth-order valence-corrected chi connectivity index (χ4v) is 2.89. The molecule has 3 aromatic rings. The van der Waals surface area contributed by atoms with Gasteiger partial charge in [0.2, 0.25) is 5.91 Å². The number of aromatic hydroxyl groups is 1. The zero-order chi connectivity index (χ0) is 18.0. The van der Waals surface area contributed by atoms with Crippen LogP contribution in [0.4, 0.5) is 5.69 Å². The van der Waals surface area contributed by atoms with Crippen LogP contribution in [0.1, 0.15) is 24.1 Å². The predicted octanol–water partition coefficient (Wildman–Crippen LogP) is 3.23. The van der Waals surface area contributed by atoms with Crippen molar-refractivity contribution in [3.63, 3.8) is 0 Å². The highest BCUT2D eigenvalue weighted by Crippen LogP contribution is 2.34. The maximum atomic E-state index is 11.7. The first-order chi connectivity index (χ1) is 12.0. The molecule has 1 heterocycles. The summed E-state index contributed by atoms with van der Waals surface area (Å²) in [6, 6.07) is 14.9. The molecule has 2 N–H and O–H groups in total. The fourth-order valence-electron chi connectivity index (χ4n) is 2.89. The Morgan fingerprint density at radius 2 is 1.84 bits per heavy atom. The summed E-state index contributed by atoms with van der Waals surface area (Å²) in [5.41, 5.74) is 3.11. The average molecular weight is 335 g/mol. The highest BCUT2D eigenvalue weighted by molar-refractivity contribution is 5.86. The van der Waals surface area contributed by atoms with Gasteiger partial charge in [0, 0.05) is 43.9 Å². The van der Waals surface area contributed by atoms with Crippen LogP contribution >= 0.6 is 0 Å². The summed E-state index contributed by atoms with van der Waals surface area (Å²) in [6.45, 7) is 1.47. The van der Waals surface area contributed by atoms with E-state index in [1.165, 1.54) is 6.92 Å². The SMILES string of the molecule is CC(=O)N[C@H](c1ccc(N(C)C)cc1)c1ccc2cccnc2c1O. The number of phenols is 1. The molecule has 1 amide bonds. The summed E-state index contributed by atoms with van der Waals surface area (Å²) in [6.07, 6.45) is 1.64. The average Bonchev–Trinajstić information content (AvgIpc) is 2.60. The Morgan fingerprint density at radius 1 is 1.12 bits per heavy atom. The van der Waals surface area contributed by atoms with Gasteiger partial charge in [-0.05, 0) is 23.8 Å². The van der Waals surface area contributed by atoms with Gasteiger partial charge in [-0.1, -0.05) is 30.3 Å². The van der Waals surface area contributed by atoms with E-state index >= 15 is 0 Å². The second kappa shape index (κ2) is 6.81. The Morgan fingerprint density at radius 3 is 2.48 bits per heavy atom. The van der Waals surface area contributed by atoms with Crippen LogP contribution in [0.2, 0.25) is 0 Å². The number of anilines is 1. The number of aromatic nitrogens is 1. The van der Waals surface area contributed by atoms with Gasteiger partial charge >= 0.3 is 0 Å². The number of carbonyl (C=O) groups excluding carboxylic acids is 1. The molecule has 0 unspecified atom stereocenters. The van der Waals surface area contributed by atoms with E-state index in [9.17, 15) is 9.90 Å². The van der Waals surface area contributed by atoms with Crippen molar-refractivity contribution in [3.8, 4) is 5.75 Å². The van der Waals surface area contributed by atoms with Crippen molar-refractivity contribution in [1.29, 1.82) is 0 Å². The van der Waals surface area contributed by atoms with Gasteiger partial charge in [0.15, 0.2) is 0 Å². The summed E-state index contributed by atoms with van der Waals surface area (Å²) in [5.74, 6) is -0.0734. The lowest BCUT2D eigenvalue weighted by molar-refractivity contribution is -0.119. The zero-order valence-electron chi connectivity index (χ0n) is 14.5. The summed E-state index contributed by atoms with van der Waals surface area (Å²) in [4.78, 5) is 18.0. The molecule has 2 aromatic carbocycles. The number of phenolic OH excluding ortho intramolecular Hbond substituents is 1. The number of amides is 1. The van der Waals surface area contributed by atoms with Gasteiger partial charge in [0.1, 0.15) is 11.3 Å². The van der Waals surface area contributed by atoms with Gasteiger partial charge in [-0.2, -0.15) is 0 Å². The quantitative estimate of drug-likeness (QED) is 0.768. The van der Waals surface area contributed by atoms with Gasteiger partial charge < -0.3 is 15.3 Å². The van der Waals surface area contributed by atoms with E-state index in [-0.39, 0.29) is 11.7 Å². The van der Waals surface area contributed by atoms with Crippen molar-refractivity contribution in [2.45, 2.75) is 13.0 Å². The molecule has 25 heavy (non-hydrogen) atoms. The minimum absolute atomic E-state index is 0.0912. The molecule has 3 rings (SSSR count). The van der Waals surface area contributed by atoms with Crippen LogP contribution in [-0.2, 0) is 4.79 Å². The highest BCUT2D eigenvalue weighted by atomic mass is 16.3. The van der Waals surface area contributed by atoms with Gasteiger partial charge in [-0.25, -0.2) is 0 Å². The summed E-state index contributed by atoms with van der Waals surface area (Å²) in [5, 5.41) is 14.5. The van der Waals surface area contributed by atoms with Crippen molar-refractivity contribution in [3.05, 3.63) is 65.9 Å². The highest BCUT2D eigenvalue weighted by Gasteiger charge is 2.20. The van der Waals surface area contributed by atoms with Gasteiger partial charge in [-0.3, -0.25) is 9.78 Å². The molecule has 0 saturated carbocycles. The second-order valence-corrected chi connectivity index (χ2v) is 6.20. The summed E-state index contributed by atoms with van der Waals surface area (Å²) < 4.78 is 0.